The first-order chi connectivity index (χ1) is 10.5. The number of nitrogens with zero attached hydrogens (tertiary/aromatic N) is 1. The fourth-order valence-electron chi connectivity index (χ4n) is 1.84. The molecule has 0 aromatic heterocycles. The molecule has 0 saturated carbocycles. The van der Waals surface area contributed by atoms with Crippen LogP contribution in [-0.2, 0) is 4.79 Å². The van der Waals surface area contributed by atoms with Crippen LogP contribution in [0.15, 0.2) is 41.3 Å². The van der Waals surface area contributed by atoms with Gasteiger partial charge in [-0.15, -0.1) is 6.42 Å². The summed E-state index contributed by atoms with van der Waals surface area (Å²) in [5, 5.41) is 0. The van der Waals surface area contributed by atoms with Crippen LogP contribution in [0.1, 0.15) is 12.5 Å². The molecule has 1 aliphatic rings. The normalized spacial score (nSPS) is 16.0. The van der Waals surface area contributed by atoms with E-state index in [1.54, 1.807) is 4.90 Å². The van der Waals surface area contributed by atoms with E-state index in [1.807, 2.05) is 37.3 Å². The second kappa shape index (κ2) is 7.30. The average Bonchev–Trinajstić information content (AvgIpc) is 2.74. The summed E-state index contributed by atoms with van der Waals surface area (Å²) in [6, 6.07) is 7.38. The van der Waals surface area contributed by atoms with Crippen molar-refractivity contribution in [2.75, 3.05) is 13.2 Å². The molecule has 0 N–H and O–H groups in total. The molecule has 0 bridgehead atoms. The van der Waals surface area contributed by atoms with Gasteiger partial charge in [-0.05, 0) is 30.7 Å². The van der Waals surface area contributed by atoms with Gasteiger partial charge in [0.1, 0.15) is 16.7 Å². The maximum Gasteiger partial charge on any atom is 0.266 e. The van der Waals surface area contributed by atoms with Crippen molar-refractivity contribution in [3.8, 4) is 18.1 Å². The monoisotopic (exact) mass is 329 g/mol. The predicted molar refractivity (Wildman–Crippen MR) is 95.5 cm³/mol. The summed E-state index contributed by atoms with van der Waals surface area (Å²) in [7, 11) is 0. The zero-order valence-electron chi connectivity index (χ0n) is 12.2. The van der Waals surface area contributed by atoms with Gasteiger partial charge in [0.2, 0.25) is 0 Å². The first kappa shape index (κ1) is 16.3. The molecular formula is C17H15NO2S2. The number of ether oxygens (including phenoxy) is 1. The summed E-state index contributed by atoms with van der Waals surface area (Å²) in [5.41, 5.74) is 1.80. The van der Waals surface area contributed by atoms with Gasteiger partial charge in [-0.25, -0.2) is 0 Å². The topological polar surface area (TPSA) is 29.5 Å². The Hall–Kier alpha value is -2.03. The van der Waals surface area contributed by atoms with Crippen molar-refractivity contribution in [2.45, 2.75) is 6.92 Å². The molecule has 0 atom stereocenters. The zero-order valence-corrected chi connectivity index (χ0v) is 13.8. The van der Waals surface area contributed by atoms with Crippen LogP contribution in [0.2, 0.25) is 0 Å². The van der Waals surface area contributed by atoms with Gasteiger partial charge in [0.15, 0.2) is 0 Å². The van der Waals surface area contributed by atoms with Gasteiger partial charge in [0.05, 0.1) is 4.91 Å². The molecule has 1 aromatic rings. The largest absolute Gasteiger partial charge is 0.481 e. The third-order valence-electron chi connectivity index (χ3n) is 2.80. The number of hydrogen-bond acceptors (Lipinski definition) is 4. The first-order valence-electron chi connectivity index (χ1n) is 6.57. The molecule has 1 aliphatic heterocycles. The third-order valence-corrected chi connectivity index (χ3v) is 4.18. The van der Waals surface area contributed by atoms with Crippen LogP contribution in [0, 0.1) is 12.3 Å². The smallest absolute Gasteiger partial charge is 0.266 e. The van der Waals surface area contributed by atoms with E-state index in [9.17, 15) is 4.79 Å². The van der Waals surface area contributed by atoms with Gasteiger partial charge in [-0.1, -0.05) is 54.2 Å². The maximum absolute atomic E-state index is 12.3. The zero-order chi connectivity index (χ0) is 16.1. The second-order valence-electron chi connectivity index (χ2n) is 4.79. The molecule has 3 nitrogen and oxygen atoms in total. The van der Waals surface area contributed by atoms with Crippen molar-refractivity contribution in [1.29, 1.82) is 0 Å². The summed E-state index contributed by atoms with van der Waals surface area (Å²) < 4.78 is 5.87. The number of hydrogen-bond donors (Lipinski definition) is 0. The molecule has 2 rings (SSSR count). The number of benzene rings is 1. The highest BCUT2D eigenvalue weighted by molar-refractivity contribution is 8.26. The fourth-order valence-corrected chi connectivity index (χ4v) is 3.10. The molecule has 0 radical (unpaired) electrons. The van der Waals surface area contributed by atoms with Crippen LogP contribution >= 0.6 is 24.0 Å². The lowest BCUT2D eigenvalue weighted by Gasteiger charge is -2.13. The van der Waals surface area contributed by atoms with Crippen LogP contribution < -0.4 is 4.74 Å². The number of carbonyl (C=O) groups excluding carboxylic acids is 1. The van der Waals surface area contributed by atoms with E-state index in [-0.39, 0.29) is 12.5 Å². The van der Waals surface area contributed by atoms with Gasteiger partial charge in [-0.3, -0.25) is 9.69 Å². The minimum Gasteiger partial charge on any atom is -0.481 e. The van der Waals surface area contributed by atoms with Crippen molar-refractivity contribution in [2.24, 2.45) is 0 Å². The summed E-state index contributed by atoms with van der Waals surface area (Å²) in [6.07, 6.45) is 6.97. The minimum atomic E-state index is -0.0781. The molecule has 1 aromatic carbocycles. The van der Waals surface area contributed by atoms with E-state index in [0.29, 0.717) is 21.5 Å². The Balaban J connectivity index is 2.13. The Bertz CT molecular complexity index is 684. The Morgan fingerprint density at radius 1 is 1.50 bits per heavy atom. The minimum absolute atomic E-state index is 0.0781. The standard InChI is InChI=1S/C17H15NO2S2/c1-4-9-20-14-7-5-13(6-8-14)10-15-16(19)18(11-12(2)3)17(21)22-15/h1,5-8,10H,2,9,11H2,3H3/b15-10+. The lowest BCUT2D eigenvalue weighted by molar-refractivity contribution is -0.121. The first-order valence-corrected chi connectivity index (χ1v) is 7.80. The number of rotatable bonds is 5. The van der Waals surface area contributed by atoms with Gasteiger partial charge >= 0.3 is 0 Å². The highest BCUT2D eigenvalue weighted by Crippen LogP contribution is 2.33. The molecule has 22 heavy (non-hydrogen) atoms. The Kier molecular flexibility index (Phi) is 5.42. The van der Waals surface area contributed by atoms with Crippen LogP contribution in [-0.4, -0.2) is 28.3 Å². The Labute approximate surface area is 140 Å². The molecule has 1 heterocycles. The molecule has 5 heteroatoms. The molecule has 1 amide bonds. The van der Waals surface area contributed by atoms with Crippen molar-refractivity contribution in [1.82, 2.24) is 4.90 Å². The average molecular weight is 329 g/mol. The van der Waals surface area contributed by atoms with Crippen LogP contribution in [0.25, 0.3) is 6.08 Å². The number of amides is 1. The van der Waals surface area contributed by atoms with E-state index in [0.717, 1.165) is 11.1 Å². The van der Waals surface area contributed by atoms with Crippen LogP contribution in [0.5, 0.6) is 5.75 Å². The Morgan fingerprint density at radius 2 is 2.18 bits per heavy atom. The molecule has 1 fully saturated rings. The SMILES string of the molecule is C#CCOc1ccc(/C=C2/SC(=S)N(CC(=C)C)C2=O)cc1. The van der Waals surface area contributed by atoms with Crippen molar-refractivity contribution in [3.63, 3.8) is 0 Å². The summed E-state index contributed by atoms with van der Waals surface area (Å²) >= 11 is 6.55. The summed E-state index contributed by atoms with van der Waals surface area (Å²) in [6.45, 7) is 6.39. The third kappa shape index (κ3) is 4.00. The molecule has 112 valence electrons. The lowest BCUT2D eigenvalue weighted by atomic mass is 10.2. The van der Waals surface area contributed by atoms with Gasteiger partial charge in [0.25, 0.3) is 5.91 Å². The summed E-state index contributed by atoms with van der Waals surface area (Å²) in [4.78, 5) is 14.5. The number of thioether (sulfide) groups is 1. The highest BCUT2D eigenvalue weighted by atomic mass is 32.2. The number of terminal acetylenes is 1. The van der Waals surface area contributed by atoms with Gasteiger partial charge in [0, 0.05) is 6.54 Å². The van der Waals surface area contributed by atoms with E-state index >= 15 is 0 Å². The highest BCUT2D eigenvalue weighted by Gasteiger charge is 2.31. The van der Waals surface area contributed by atoms with Crippen molar-refractivity contribution >= 4 is 40.3 Å². The molecule has 0 aliphatic carbocycles. The number of carbonyl (C=O) groups is 1. The lowest BCUT2D eigenvalue weighted by Crippen LogP contribution is -2.29. The van der Waals surface area contributed by atoms with Gasteiger partial charge in [-0.2, -0.15) is 0 Å². The molecule has 0 unspecified atom stereocenters. The van der Waals surface area contributed by atoms with E-state index in [2.05, 4.69) is 12.5 Å². The Morgan fingerprint density at radius 3 is 2.77 bits per heavy atom. The van der Waals surface area contributed by atoms with Crippen molar-refractivity contribution in [3.05, 3.63) is 46.9 Å². The van der Waals surface area contributed by atoms with Crippen LogP contribution in [0.3, 0.4) is 0 Å². The van der Waals surface area contributed by atoms with E-state index < -0.39 is 0 Å². The maximum atomic E-state index is 12.3. The summed E-state index contributed by atoms with van der Waals surface area (Å²) in [5.74, 6) is 3.03. The number of thiocarbonyl (C=S) groups is 1. The molecule has 0 spiro atoms. The molecular weight excluding hydrogens is 314 g/mol. The van der Waals surface area contributed by atoms with E-state index in [1.165, 1.54) is 11.8 Å². The molecule has 1 saturated heterocycles. The van der Waals surface area contributed by atoms with Crippen molar-refractivity contribution < 1.29 is 9.53 Å². The quantitative estimate of drug-likeness (QED) is 0.358. The van der Waals surface area contributed by atoms with E-state index in [4.69, 9.17) is 23.4 Å². The fraction of sp³-hybridized carbons (Fsp3) is 0.176. The van der Waals surface area contributed by atoms with Gasteiger partial charge < -0.3 is 4.74 Å². The second-order valence-corrected chi connectivity index (χ2v) is 6.46. The van der Waals surface area contributed by atoms with Crippen LogP contribution in [0.4, 0.5) is 0 Å². The predicted octanol–water partition coefficient (Wildman–Crippen LogP) is 3.48.